The lowest BCUT2D eigenvalue weighted by atomic mass is 9.85. The first-order chi connectivity index (χ1) is 8.31. The van der Waals surface area contributed by atoms with Gasteiger partial charge in [0.05, 0.1) is 0 Å². The summed E-state index contributed by atoms with van der Waals surface area (Å²) in [7, 11) is 0. The van der Waals surface area contributed by atoms with Gasteiger partial charge in [0, 0.05) is 18.5 Å². The summed E-state index contributed by atoms with van der Waals surface area (Å²) < 4.78 is 0. The molecule has 0 aliphatic rings. The highest BCUT2D eigenvalue weighted by Gasteiger charge is 2.23. The van der Waals surface area contributed by atoms with Gasteiger partial charge in [-0.25, -0.2) is 0 Å². The zero-order valence-electron chi connectivity index (χ0n) is 12.9. The molecule has 108 valence electrons. The van der Waals surface area contributed by atoms with Crippen LogP contribution in [-0.4, -0.2) is 18.0 Å². The molecule has 0 aromatic carbocycles. The summed E-state index contributed by atoms with van der Waals surface area (Å²) in [5.41, 5.74) is 6.03. The lowest BCUT2D eigenvalue weighted by Crippen LogP contribution is -2.42. The molecule has 0 aliphatic heterocycles. The van der Waals surface area contributed by atoms with Crippen molar-refractivity contribution in [3.05, 3.63) is 0 Å². The van der Waals surface area contributed by atoms with Crippen molar-refractivity contribution in [1.29, 1.82) is 0 Å². The highest BCUT2D eigenvalue weighted by Crippen LogP contribution is 2.19. The van der Waals surface area contributed by atoms with E-state index in [0.29, 0.717) is 12.5 Å². The highest BCUT2D eigenvalue weighted by atomic mass is 16.1. The Hall–Kier alpha value is -0.570. The summed E-state index contributed by atoms with van der Waals surface area (Å²) in [6, 6.07) is 0.251. The van der Waals surface area contributed by atoms with Gasteiger partial charge in [-0.15, -0.1) is 0 Å². The van der Waals surface area contributed by atoms with Crippen LogP contribution >= 0.6 is 0 Å². The van der Waals surface area contributed by atoms with Gasteiger partial charge in [0.2, 0.25) is 5.91 Å². The second kappa shape index (κ2) is 8.52. The first-order valence-electron chi connectivity index (χ1n) is 7.36. The quantitative estimate of drug-likeness (QED) is 0.700. The van der Waals surface area contributed by atoms with Crippen LogP contribution in [0.15, 0.2) is 0 Å². The van der Waals surface area contributed by atoms with Crippen LogP contribution in [0.1, 0.15) is 73.1 Å². The maximum atomic E-state index is 12.0. The number of unbranched alkanes of at least 4 members (excludes halogenated alkanes) is 1. The highest BCUT2D eigenvalue weighted by molar-refractivity contribution is 5.77. The minimum Gasteiger partial charge on any atom is -0.353 e. The lowest BCUT2D eigenvalue weighted by Gasteiger charge is -2.27. The fourth-order valence-corrected chi connectivity index (χ4v) is 1.88. The molecule has 1 amide bonds. The number of nitrogens with one attached hydrogen (secondary N) is 1. The molecule has 0 aromatic rings. The molecular weight excluding hydrogens is 224 g/mol. The van der Waals surface area contributed by atoms with Gasteiger partial charge in [-0.3, -0.25) is 4.79 Å². The third kappa shape index (κ3) is 7.70. The van der Waals surface area contributed by atoms with Crippen molar-refractivity contribution in [2.24, 2.45) is 11.1 Å². The maximum absolute atomic E-state index is 12.0. The number of carbonyl (C=O) groups excluding carboxylic acids is 1. The predicted molar refractivity (Wildman–Crippen MR) is 78.4 cm³/mol. The Kier molecular flexibility index (Phi) is 8.25. The minimum absolute atomic E-state index is 0.0129. The van der Waals surface area contributed by atoms with Gasteiger partial charge in [-0.05, 0) is 18.3 Å². The third-order valence-electron chi connectivity index (χ3n) is 3.43. The Morgan fingerprint density at radius 3 is 2.22 bits per heavy atom. The molecule has 0 rings (SSSR count). The molecule has 0 fully saturated rings. The normalized spacial score (nSPS) is 15.2. The molecule has 2 atom stereocenters. The van der Waals surface area contributed by atoms with E-state index in [-0.39, 0.29) is 17.4 Å². The molecule has 2 unspecified atom stereocenters. The Bertz CT molecular complexity index is 233. The van der Waals surface area contributed by atoms with E-state index in [4.69, 9.17) is 5.73 Å². The third-order valence-corrected chi connectivity index (χ3v) is 3.43. The van der Waals surface area contributed by atoms with Crippen LogP contribution < -0.4 is 11.1 Å². The number of amides is 1. The molecule has 18 heavy (non-hydrogen) atoms. The van der Waals surface area contributed by atoms with Crippen molar-refractivity contribution >= 4 is 5.91 Å². The van der Waals surface area contributed by atoms with Gasteiger partial charge in [-0.2, -0.15) is 0 Å². The van der Waals surface area contributed by atoms with Gasteiger partial charge >= 0.3 is 0 Å². The van der Waals surface area contributed by atoms with Crippen LogP contribution in [0.4, 0.5) is 0 Å². The Balaban J connectivity index is 4.16. The maximum Gasteiger partial charge on any atom is 0.221 e. The van der Waals surface area contributed by atoms with Gasteiger partial charge in [0.25, 0.3) is 0 Å². The SMILES string of the molecule is CCCCC(CCC)NC(=O)CC(N)C(C)(C)C. The molecule has 3 heteroatoms. The summed E-state index contributed by atoms with van der Waals surface area (Å²) in [4.78, 5) is 12.0. The summed E-state index contributed by atoms with van der Waals surface area (Å²) in [5, 5.41) is 3.14. The van der Waals surface area contributed by atoms with Gasteiger partial charge < -0.3 is 11.1 Å². The topological polar surface area (TPSA) is 55.1 Å². The second-order valence-corrected chi connectivity index (χ2v) is 6.37. The number of hydrogen-bond acceptors (Lipinski definition) is 2. The first kappa shape index (κ1) is 17.4. The van der Waals surface area contributed by atoms with E-state index in [1.807, 2.05) is 0 Å². The molecule has 0 aromatic heterocycles. The fraction of sp³-hybridized carbons (Fsp3) is 0.933. The standard InChI is InChI=1S/C15H32N2O/c1-6-8-10-12(9-7-2)17-14(18)11-13(16)15(3,4)5/h12-13H,6-11,16H2,1-5H3,(H,17,18). The molecule has 0 heterocycles. The summed E-state index contributed by atoms with van der Waals surface area (Å²) in [6.07, 6.45) is 6.04. The molecule has 0 radical (unpaired) electrons. The molecule has 0 spiro atoms. The Labute approximate surface area is 113 Å². The van der Waals surface area contributed by atoms with Crippen molar-refractivity contribution in [3.8, 4) is 0 Å². The Morgan fingerprint density at radius 1 is 1.17 bits per heavy atom. The Morgan fingerprint density at radius 2 is 1.78 bits per heavy atom. The zero-order valence-corrected chi connectivity index (χ0v) is 12.9. The van der Waals surface area contributed by atoms with Crippen LogP contribution in [0.2, 0.25) is 0 Å². The van der Waals surface area contributed by atoms with Crippen molar-refractivity contribution < 1.29 is 4.79 Å². The van der Waals surface area contributed by atoms with E-state index >= 15 is 0 Å². The van der Waals surface area contributed by atoms with Crippen LogP contribution in [0.5, 0.6) is 0 Å². The van der Waals surface area contributed by atoms with Gasteiger partial charge in [-0.1, -0.05) is 53.9 Å². The minimum atomic E-state index is -0.0778. The van der Waals surface area contributed by atoms with Crippen molar-refractivity contribution in [1.82, 2.24) is 5.32 Å². The molecular formula is C15H32N2O. The smallest absolute Gasteiger partial charge is 0.221 e. The number of rotatable bonds is 8. The van der Waals surface area contributed by atoms with E-state index in [2.05, 4.69) is 39.9 Å². The molecule has 0 saturated carbocycles. The number of nitrogens with two attached hydrogens (primary N) is 1. The van der Waals surface area contributed by atoms with E-state index in [1.54, 1.807) is 0 Å². The van der Waals surface area contributed by atoms with E-state index in [0.717, 1.165) is 19.3 Å². The largest absolute Gasteiger partial charge is 0.353 e. The van der Waals surface area contributed by atoms with Crippen molar-refractivity contribution in [3.63, 3.8) is 0 Å². The number of carbonyl (C=O) groups is 1. The van der Waals surface area contributed by atoms with Crippen molar-refractivity contribution in [2.45, 2.75) is 85.2 Å². The molecule has 0 saturated heterocycles. The molecule has 0 bridgehead atoms. The molecule has 0 aliphatic carbocycles. The van der Waals surface area contributed by atoms with Gasteiger partial charge in [0.15, 0.2) is 0 Å². The monoisotopic (exact) mass is 256 g/mol. The fourth-order valence-electron chi connectivity index (χ4n) is 1.88. The van der Waals surface area contributed by atoms with E-state index in [9.17, 15) is 4.79 Å². The molecule has 3 nitrogen and oxygen atoms in total. The van der Waals surface area contributed by atoms with Crippen LogP contribution in [-0.2, 0) is 4.79 Å². The van der Waals surface area contributed by atoms with E-state index in [1.165, 1.54) is 12.8 Å². The van der Waals surface area contributed by atoms with Crippen molar-refractivity contribution in [2.75, 3.05) is 0 Å². The average Bonchev–Trinajstić information content (AvgIpc) is 2.24. The zero-order chi connectivity index (χ0) is 14.2. The van der Waals surface area contributed by atoms with Gasteiger partial charge in [0.1, 0.15) is 0 Å². The van der Waals surface area contributed by atoms with E-state index < -0.39 is 0 Å². The summed E-state index contributed by atoms with van der Waals surface area (Å²) >= 11 is 0. The average molecular weight is 256 g/mol. The predicted octanol–water partition coefficient (Wildman–Crippen LogP) is 3.23. The van der Waals surface area contributed by atoms with Crippen LogP contribution in [0, 0.1) is 5.41 Å². The summed E-state index contributed by atoms with van der Waals surface area (Å²) in [6.45, 7) is 10.6. The van der Waals surface area contributed by atoms with Crippen LogP contribution in [0.25, 0.3) is 0 Å². The second-order valence-electron chi connectivity index (χ2n) is 6.37. The van der Waals surface area contributed by atoms with Crippen LogP contribution in [0.3, 0.4) is 0 Å². The lowest BCUT2D eigenvalue weighted by molar-refractivity contribution is -0.122. The summed E-state index contributed by atoms with van der Waals surface area (Å²) in [5.74, 6) is 0.104. The first-order valence-corrected chi connectivity index (χ1v) is 7.36. The molecule has 3 N–H and O–H groups in total. The number of hydrogen-bond donors (Lipinski definition) is 2.